The van der Waals surface area contributed by atoms with Gasteiger partial charge in [0.15, 0.2) is 0 Å². The second kappa shape index (κ2) is 7.41. The van der Waals surface area contributed by atoms with Crippen LogP contribution in [0.4, 0.5) is 5.69 Å². The van der Waals surface area contributed by atoms with Gasteiger partial charge in [-0.25, -0.2) is 0 Å². The minimum absolute atomic E-state index is 0.264. The summed E-state index contributed by atoms with van der Waals surface area (Å²) in [6.07, 6.45) is 3.85. The van der Waals surface area contributed by atoms with Gasteiger partial charge in [0.2, 0.25) is 0 Å². The fourth-order valence-electron chi connectivity index (χ4n) is 1.73. The van der Waals surface area contributed by atoms with Crippen LogP contribution < -0.4 is 5.32 Å². The Balaban J connectivity index is 1.87. The van der Waals surface area contributed by atoms with Gasteiger partial charge in [-0.15, -0.1) is 0 Å². The van der Waals surface area contributed by atoms with Gasteiger partial charge in [-0.05, 0) is 47.0 Å². The highest BCUT2D eigenvalue weighted by atomic mass is 79.9. The first kappa shape index (κ1) is 15.0. The molecule has 0 radical (unpaired) electrons. The van der Waals surface area contributed by atoms with Crippen LogP contribution in [0.3, 0.4) is 0 Å². The molecule has 106 valence electrons. The first-order chi connectivity index (χ1) is 9.63. The van der Waals surface area contributed by atoms with Gasteiger partial charge in [-0.2, -0.15) is 0 Å². The van der Waals surface area contributed by atoms with Crippen LogP contribution in [0.5, 0.6) is 0 Å². The van der Waals surface area contributed by atoms with Crippen LogP contribution in [-0.2, 0) is 17.9 Å². The van der Waals surface area contributed by atoms with Crippen molar-refractivity contribution in [1.29, 1.82) is 0 Å². The van der Waals surface area contributed by atoms with Gasteiger partial charge < -0.3 is 10.1 Å². The molecule has 0 aliphatic carbocycles. The zero-order valence-electron chi connectivity index (χ0n) is 11.8. The van der Waals surface area contributed by atoms with E-state index in [4.69, 9.17) is 4.74 Å². The molecule has 1 N–H and O–H groups in total. The molecule has 0 spiro atoms. The minimum Gasteiger partial charge on any atom is -0.380 e. The minimum atomic E-state index is 0.264. The molecule has 1 aromatic carbocycles. The highest BCUT2D eigenvalue weighted by Gasteiger charge is 1.99. The molecule has 1 aromatic heterocycles. The molecule has 3 nitrogen and oxygen atoms in total. The molecule has 0 saturated heterocycles. The van der Waals surface area contributed by atoms with Crippen molar-refractivity contribution in [3.8, 4) is 0 Å². The summed E-state index contributed by atoms with van der Waals surface area (Å²) in [6.45, 7) is 5.54. The summed E-state index contributed by atoms with van der Waals surface area (Å²) in [7, 11) is 0. The number of ether oxygens (including phenoxy) is 1. The van der Waals surface area contributed by atoms with E-state index in [0.29, 0.717) is 6.61 Å². The van der Waals surface area contributed by atoms with Crippen molar-refractivity contribution in [2.75, 3.05) is 5.32 Å². The molecular formula is C16H19BrN2O. The van der Waals surface area contributed by atoms with E-state index in [0.717, 1.165) is 16.7 Å². The Labute approximate surface area is 128 Å². The Bertz CT molecular complexity index is 540. The monoisotopic (exact) mass is 334 g/mol. The summed E-state index contributed by atoms with van der Waals surface area (Å²) < 4.78 is 6.56. The van der Waals surface area contributed by atoms with Crippen molar-refractivity contribution in [2.24, 2.45) is 0 Å². The summed E-state index contributed by atoms with van der Waals surface area (Å²) >= 11 is 3.41. The largest absolute Gasteiger partial charge is 0.380 e. The van der Waals surface area contributed by atoms with E-state index in [1.54, 1.807) is 6.20 Å². The number of aromatic nitrogens is 1. The van der Waals surface area contributed by atoms with Crippen molar-refractivity contribution in [3.05, 3.63) is 58.3 Å². The average molecular weight is 335 g/mol. The summed E-state index contributed by atoms with van der Waals surface area (Å²) in [4.78, 5) is 4.13. The fourth-order valence-corrected chi connectivity index (χ4v) is 2.09. The van der Waals surface area contributed by atoms with E-state index >= 15 is 0 Å². The lowest BCUT2D eigenvalue weighted by molar-refractivity contribution is 0.0657. The van der Waals surface area contributed by atoms with Crippen LogP contribution in [-0.4, -0.2) is 11.1 Å². The van der Waals surface area contributed by atoms with Crippen LogP contribution in [0.1, 0.15) is 25.0 Å². The molecule has 0 atom stereocenters. The third-order valence-electron chi connectivity index (χ3n) is 2.81. The molecule has 1 heterocycles. The van der Waals surface area contributed by atoms with E-state index in [1.165, 1.54) is 11.1 Å². The Morgan fingerprint density at radius 1 is 1.15 bits per heavy atom. The number of halogens is 1. The second-order valence-electron chi connectivity index (χ2n) is 4.92. The van der Waals surface area contributed by atoms with Crippen molar-refractivity contribution >= 4 is 21.6 Å². The number of benzene rings is 1. The Kier molecular flexibility index (Phi) is 5.56. The predicted molar refractivity (Wildman–Crippen MR) is 85.6 cm³/mol. The first-order valence-corrected chi connectivity index (χ1v) is 7.46. The lowest BCUT2D eigenvalue weighted by atomic mass is 10.1. The van der Waals surface area contributed by atoms with Crippen molar-refractivity contribution in [2.45, 2.75) is 33.1 Å². The zero-order chi connectivity index (χ0) is 14.4. The normalized spacial score (nSPS) is 10.8. The molecule has 20 heavy (non-hydrogen) atoms. The van der Waals surface area contributed by atoms with Gasteiger partial charge in [0.05, 0.1) is 24.6 Å². The number of hydrogen-bond donors (Lipinski definition) is 1. The van der Waals surface area contributed by atoms with Crippen LogP contribution in [0.15, 0.2) is 47.2 Å². The van der Waals surface area contributed by atoms with Crippen LogP contribution in [0.25, 0.3) is 0 Å². The van der Waals surface area contributed by atoms with Crippen molar-refractivity contribution < 1.29 is 4.74 Å². The van der Waals surface area contributed by atoms with Crippen LogP contribution >= 0.6 is 15.9 Å². The molecule has 0 unspecified atom stereocenters. The SMILES string of the molecule is CC(C)OCc1ccc(CNc2cncc(Br)c2)cc1. The number of rotatable bonds is 6. The number of anilines is 1. The predicted octanol–water partition coefficient (Wildman–Crippen LogP) is 4.38. The number of nitrogens with zero attached hydrogens (tertiary/aromatic N) is 1. The van der Waals surface area contributed by atoms with Gasteiger partial charge in [-0.1, -0.05) is 24.3 Å². The number of pyridine rings is 1. The standard InChI is InChI=1S/C16H19BrN2O/c1-12(2)20-11-14-5-3-13(4-6-14)8-19-16-7-15(17)9-18-10-16/h3-7,9-10,12,19H,8,11H2,1-2H3. The Morgan fingerprint density at radius 2 is 1.85 bits per heavy atom. The van der Waals surface area contributed by atoms with Gasteiger partial charge in [0.25, 0.3) is 0 Å². The molecule has 2 rings (SSSR count). The van der Waals surface area contributed by atoms with Gasteiger partial charge in [0, 0.05) is 17.2 Å². The first-order valence-electron chi connectivity index (χ1n) is 6.67. The molecule has 0 aliphatic rings. The lowest BCUT2D eigenvalue weighted by Gasteiger charge is -2.09. The average Bonchev–Trinajstić information content (AvgIpc) is 2.44. The molecule has 0 bridgehead atoms. The molecule has 4 heteroatoms. The fraction of sp³-hybridized carbons (Fsp3) is 0.312. The Morgan fingerprint density at radius 3 is 2.50 bits per heavy atom. The summed E-state index contributed by atoms with van der Waals surface area (Å²) in [5.41, 5.74) is 3.44. The lowest BCUT2D eigenvalue weighted by Crippen LogP contribution is -2.03. The molecule has 0 aliphatic heterocycles. The molecule has 0 fully saturated rings. The second-order valence-corrected chi connectivity index (χ2v) is 5.84. The van der Waals surface area contributed by atoms with Gasteiger partial charge >= 0.3 is 0 Å². The summed E-state index contributed by atoms with van der Waals surface area (Å²) in [5.74, 6) is 0. The Hall–Kier alpha value is -1.39. The quantitative estimate of drug-likeness (QED) is 0.851. The van der Waals surface area contributed by atoms with Crippen molar-refractivity contribution in [1.82, 2.24) is 4.98 Å². The topological polar surface area (TPSA) is 34.1 Å². The number of hydrogen-bond acceptors (Lipinski definition) is 3. The maximum atomic E-state index is 5.58. The summed E-state index contributed by atoms with van der Waals surface area (Å²) in [5, 5.41) is 3.35. The molecule has 0 saturated carbocycles. The van der Waals surface area contributed by atoms with Crippen LogP contribution in [0, 0.1) is 0 Å². The maximum absolute atomic E-state index is 5.58. The maximum Gasteiger partial charge on any atom is 0.0720 e. The van der Waals surface area contributed by atoms with Crippen LogP contribution in [0.2, 0.25) is 0 Å². The van der Waals surface area contributed by atoms with E-state index < -0.39 is 0 Å². The molecule has 2 aromatic rings. The zero-order valence-corrected chi connectivity index (χ0v) is 13.4. The van der Waals surface area contributed by atoms with E-state index in [1.807, 2.05) is 26.1 Å². The third kappa shape index (κ3) is 4.94. The van der Waals surface area contributed by atoms with Gasteiger partial charge in [-0.3, -0.25) is 4.98 Å². The van der Waals surface area contributed by atoms with Gasteiger partial charge in [0.1, 0.15) is 0 Å². The molecular weight excluding hydrogens is 316 g/mol. The smallest absolute Gasteiger partial charge is 0.0720 e. The van der Waals surface area contributed by atoms with Crippen molar-refractivity contribution in [3.63, 3.8) is 0 Å². The number of nitrogens with one attached hydrogen (secondary N) is 1. The highest BCUT2D eigenvalue weighted by molar-refractivity contribution is 9.10. The van der Waals surface area contributed by atoms with E-state index in [9.17, 15) is 0 Å². The third-order valence-corrected chi connectivity index (χ3v) is 3.24. The van der Waals surface area contributed by atoms with E-state index in [2.05, 4.69) is 50.5 Å². The molecule has 0 amide bonds. The van der Waals surface area contributed by atoms with E-state index in [-0.39, 0.29) is 6.10 Å². The summed E-state index contributed by atoms with van der Waals surface area (Å²) in [6, 6.07) is 10.5. The highest BCUT2D eigenvalue weighted by Crippen LogP contribution is 2.15.